The van der Waals surface area contributed by atoms with Gasteiger partial charge in [-0.3, -0.25) is 4.18 Å². The van der Waals surface area contributed by atoms with Gasteiger partial charge in [0.2, 0.25) is 0 Å². The lowest BCUT2D eigenvalue weighted by Crippen LogP contribution is -2.42. The van der Waals surface area contributed by atoms with Crippen molar-refractivity contribution in [3.8, 4) is 0 Å². The average Bonchev–Trinajstić information content (AvgIpc) is 2.61. The predicted octanol–water partition coefficient (Wildman–Crippen LogP) is 1.83. The molecule has 0 unspecified atom stereocenters. The molecule has 1 amide bonds. The van der Waals surface area contributed by atoms with Gasteiger partial charge in [0.1, 0.15) is 6.61 Å². The SMILES string of the molecule is CS(=O)(=O)OCCCN(C(=O)OCc1ccccc1)c1cccc[n+]1[O-]. The highest BCUT2D eigenvalue weighted by atomic mass is 32.2. The van der Waals surface area contributed by atoms with Gasteiger partial charge in [-0.1, -0.05) is 36.4 Å². The van der Waals surface area contributed by atoms with Crippen molar-refractivity contribution in [3.63, 3.8) is 0 Å². The third-order valence-electron chi connectivity index (χ3n) is 3.33. The van der Waals surface area contributed by atoms with Crippen LogP contribution in [0.4, 0.5) is 10.6 Å². The number of rotatable bonds is 8. The van der Waals surface area contributed by atoms with E-state index < -0.39 is 16.2 Å². The fourth-order valence-corrected chi connectivity index (χ4v) is 2.58. The average molecular weight is 380 g/mol. The molecule has 0 aliphatic rings. The van der Waals surface area contributed by atoms with Crippen molar-refractivity contribution >= 4 is 22.0 Å². The number of benzene rings is 1. The fourth-order valence-electron chi connectivity index (χ4n) is 2.16. The summed E-state index contributed by atoms with van der Waals surface area (Å²) in [5.74, 6) is 0.0879. The summed E-state index contributed by atoms with van der Waals surface area (Å²) in [5, 5.41) is 12.0. The Kier molecular flexibility index (Phi) is 6.93. The van der Waals surface area contributed by atoms with Crippen molar-refractivity contribution in [3.05, 3.63) is 65.5 Å². The molecule has 0 fully saturated rings. The van der Waals surface area contributed by atoms with Gasteiger partial charge in [0.25, 0.3) is 15.9 Å². The molecule has 0 radical (unpaired) electrons. The van der Waals surface area contributed by atoms with Crippen LogP contribution in [0.25, 0.3) is 0 Å². The van der Waals surface area contributed by atoms with Gasteiger partial charge in [0.15, 0.2) is 0 Å². The first kappa shape index (κ1) is 19.7. The van der Waals surface area contributed by atoms with Crippen molar-refractivity contribution in [2.75, 3.05) is 24.3 Å². The van der Waals surface area contributed by atoms with Crippen LogP contribution in [0.15, 0.2) is 54.7 Å². The summed E-state index contributed by atoms with van der Waals surface area (Å²) in [6.45, 7) is 0.0179. The molecule has 1 heterocycles. The van der Waals surface area contributed by atoms with Crippen LogP contribution < -0.4 is 9.63 Å². The Morgan fingerprint density at radius 3 is 2.50 bits per heavy atom. The molecule has 0 spiro atoms. The molecule has 0 saturated carbocycles. The number of pyridine rings is 1. The summed E-state index contributed by atoms with van der Waals surface area (Å²) in [6, 6.07) is 13.8. The quantitative estimate of drug-likeness (QED) is 0.300. The molecule has 0 saturated heterocycles. The number of ether oxygens (including phenoxy) is 1. The van der Waals surface area contributed by atoms with E-state index in [-0.39, 0.29) is 32.0 Å². The van der Waals surface area contributed by atoms with Crippen LogP contribution in [-0.4, -0.2) is 33.9 Å². The third-order valence-corrected chi connectivity index (χ3v) is 3.92. The number of anilines is 1. The molecule has 1 aromatic carbocycles. The highest BCUT2D eigenvalue weighted by Crippen LogP contribution is 2.12. The van der Waals surface area contributed by atoms with Crippen LogP contribution >= 0.6 is 0 Å². The molecule has 2 rings (SSSR count). The molecule has 0 aliphatic carbocycles. The summed E-state index contributed by atoms with van der Waals surface area (Å²) < 4.78 is 32.5. The first-order chi connectivity index (χ1) is 12.4. The third kappa shape index (κ3) is 6.34. The summed E-state index contributed by atoms with van der Waals surface area (Å²) in [7, 11) is -3.56. The molecule has 140 valence electrons. The zero-order valence-electron chi connectivity index (χ0n) is 14.3. The molecule has 26 heavy (non-hydrogen) atoms. The Balaban J connectivity index is 2.04. The number of carbonyl (C=O) groups excluding carboxylic acids is 1. The van der Waals surface area contributed by atoms with E-state index in [1.54, 1.807) is 6.07 Å². The Morgan fingerprint density at radius 1 is 1.15 bits per heavy atom. The van der Waals surface area contributed by atoms with E-state index in [4.69, 9.17) is 4.74 Å². The lowest BCUT2D eigenvalue weighted by atomic mass is 10.2. The van der Waals surface area contributed by atoms with Crippen molar-refractivity contribution < 1.29 is 26.9 Å². The van der Waals surface area contributed by atoms with Crippen LogP contribution in [0.3, 0.4) is 0 Å². The van der Waals surface area contributed by atoms with Crippen molar-refractivity contribution in [1.82, 2.24) is 0 Å². The van der Waals surface area contributed by atoms with Crippen LogP contribution in [0.1, 0.15) is 12.0 Å². The van der Waals surface area contributed by atoms with Crippen LogP contribution in [0.2, 0.25) is 0 Å². The Morgan fingerprint density at radius 2 is 1.85 bits per heavy atom. The minimum absolute atomic E-state index is 0.0572. The van der Waals surface area contributed by atoms with E-state index in [2.05, 4.69) is 4.18 Å². The number of nitrogens with zero attached hydrogens (tertiary/aromatic N) is 2. The topological polar surface area (TPSA) is 99.9 Å². The first-order valence-corrected chi connectivity index (χ1v) is 9.69. The van der Waals surface area contributed by atoms with Gasteiger partial charge in [0.05, 0.1) is 25.6 Å². The van der Waals surface area contributed by atoms with Crippen molar-refractivity contribution in [1.29, 1.82) is 0 Å². The van der Waals surface area contributed by atoms with E-state index in [9.17, 15) is 18.4 Å². The van der Waals surface area contributed by atoms with Crippen molar-refractivity contribution in [2.45, 2.75) is 13.0 Å². The summed E-state index contributed by atoms with van der Waals surface area (Å²) >= 11 is 0. The normalized spacial score (nSPS) is 11.1. The van der Waals surface area contributed by atoms with Crippen LogP contribution in [-0.2, 0) is 25.6 Å². The molecule has 9 heteroatoms. The lowest BCUT2D eigenvalue weighted by molar-refractivity contribution is -0.591. The largest absolute Gasteiger partial charge is 0.711 e. The monoisotopic (exact) mass is 380 g/mol. The van der Waals surface area contributed by atoms with Gasteiger partial charge in [-0.25, -0.2) is 4.73 Å². The Bertz CT molecular complexity index is 826. The maximum Gasteiger partial charge on any atom is 0.507 e. The number of aromatic nitrogens is 1. The minimum Gasteiger partial charge on any atom is -0.711 e. The van der Waals surface area contributed by atoms with Gasteiger partial charge < -0.3 is 9.94 Å². The smallest absolute Gasteiger partial charge is 0.507 e. The summed E-state index contributed by atoms with van der Waals surface area (Å²) in [4.78, 5) is 13.6. The van der Waals surface area contributed by atoms with Gasteiger partial charge in [-0.2, -0.15) is 18.1 Å². The molecule has 1 aromatic heterocycles. The van der Waals surface area contributed by atoms with Crippen LogP contribution in [0, 0.1) is 5.21 Å². The number of amides is 1. The number of hydrogen-bond acceptors (Lipinski definition) is 6. The van der Waals surface area contributed by atoms with E-state index in [1.165, 1.54) is 18.3 Å². The number of carbonyl (C=O) groups is 1. The van der Waals surface area contributed by atoms with Crippen LogP contribution in [0.5, 0.6) is 0 Å². The molecule has 8 nitrogen and oxygen atoms in total. The zero-order chi connectivity index (χ0) is 19.0. The van der Waals surface area contributed by atoms with Gasteiger partial charge in [-0.05, 0) is 11.6 Å². The Labute approximate surface area is 152 Å². The second-order valence-corrected chi connectivity index (χ2v) is 7.10. The summed E-state index contributed by atoms with van der Waals surface area (Å²) in [5.41, 5.74) is 0.810. The van der Waals surface area contributed by atoms with Crippen molar-refractivity contribution in [2.24, 2.45) is 0 Å². The molecule has 2 aromatic rings. The molecule has 0 N–H and O–H groups in total. The molecule has 0 aliphatic heterocycles. The standard InChI is InChI=1S/C17H20N2O6S/c1-26(22,23)25-13-7-11-18(16-10-5-6-12-19(16)21)17(20)24-14-15-8-3-2-4-9-15/h2-6,8-10,12H,7,11,13-14H2,1H3. The second kappa shape index (κ2) is 9.16. The van der Waals surface area contributed by atoms with Gasteiger partial charge in [-0.15, -0.1) is 0 Å². The fraction of sp³-hybridized carbons (Fsp3) is 0.294. The minimum atomic E-state index is -3.56. The maximum absolute atomic E-state index is 12.5. The Hall–Kier alpha value is -2.65. The van der Waals surface area contributed by atoms with E-state index in [0.29, 0.717) is 4.73 Å². The highest BCUT2D eigenvalue weighted by molar-refractivity contribution is 7.85. The molecular weight excluding hydrogens is 360 g/mol. The van der Waals surface area contributed by atoms with E-state index >= 15 is 0 Å². The predicted molar refractivity (Wildman–Crippen MR) is 94.8 cm³/mol. The first-order valence-electron chi connectivity index (χ1n) is 7.87. The molecule has 0 atom stereocenters. The second-order valence-electron chi connectivity index (χ2n) is 5.46. The maximum atomic E-state index is 12.5. The van der Waals surface area contributed by atoms with E-state index in [0.717, 1.165) is 16.7 Å². The van der Waals surface area contributed by atoms with E-state index in [1.807, 2.05) is 30.3 Å². The molecule has 0 bridgehead atoms. The lowest BCUT2D eigenvalue weighted by Gasteiger charge is -2.18. The van der Waals surface area contributed by atoms with Gasteiger partial charge >= 0.3 is 6.09 Å². The number of hydrogen-bond donors (Lipinski definition) is 0. The zero-order valence-corrected chi connectivity index (χ0v) is 15.1. The molecular formula is C17H20N2O6S. The summed E-state index contributed by atoms with van der Waals surface area (Å²) in [6.07, 6.45) is 1.72. The highest BCUT2D eigenvalue weighted by Gasteiger charge is 2.27. The van der Waals surface area contributed by atoms with Gasteiger partial charge in [0, 0.05) is 12.5 Å².